The number of fused-ring (bicyclic) bond motifs is 1. The molecule has 8 nitrogen and oxygen atoms in total. The Morgan fingerprint density at radius 2 is 2.41 bits per heavy atom. The van der Waals surface area contributed by atoms with Crippen LogP contribution >= 0.6 is 0 Å². The van der Waals surface area contributed by atoms with E-state index in [4.69, 9.17) is 5.73 Å². The van der Waals surface area contributed by atoms with Crippen molar-refractivity contribution in [3.05, 3.63) is 22.6 Å². The van der Waals surface area contributed by atoms with E-state index in [1.807, 2.05) is 0 Å². The zero-order valence-electron chi connectivity index (χ0n) is 9.29. The molecule has 2 atom stereocenters. The molecule has 0 fully saturated rings. The highest BCUT2D eigenvalue weighted by Crippen LogP contribution is 2.03. The Bertz CT molecular complexity index is 560. The van der Waals surface area contributed by atoms with Crippen molar-refractivity contribution in [3.8, 4) is 0 Å². The SMILES string of the molecule is CC(O)C(N)CNc1ccc2n[nH]c(=O)n2n1. The van der Waals surface area contributed by atoms with Crippen molar-refractivity contribution in [1.82, 2.24) is 19.8 Å². The van der Waals surface area contributed by atoms with Gasteiger partial charge in [0.15, 0.2) is 5.65 Å². The number of aliphatic hydroxyl groups is 1. The first-order valence-corrected chi connectivity index (χ1v) is 5.20. The summed E-state index contributed by atoms with van der Waals surface area (Å²) < 4.78 is 1.15. The van der Waals surface area contributed by atoms with Gasteiger partial charge in [0.05, 0.1) is 6.10 Å². The molecule has 0 radical (unpaired) electrons. The van der Waals surface area contributed by atoms with Crippen molar-refractivity contribution in [2.45, 2.75) is 19.1 Å². The maximum atomic E-state index is 11.3. The third-order valence-corrected chi connectivity index (χ3v) is 2.41. The van der Waals surface area contributed by atoms with Gasteiger partial charge in [0.2, 0.25) is 0 Å². The summed E-state index contributed by atoms with van der Waals surface area (Å²) in [5.41, 5.74) is 5.70. The van der Waals surface area contributed by atoms with Crippen LogP contribution in [-0.4, -0.2) is 43.6 Å². The number of hydrogen-bond donors (Lipinski definition) is 4. The Kier molecular flexibility index (Phi) is 3.07. The fraction of sp³-hybridized carbons (Fsp3) is 0.444. The Labute approximate surface area is 96.5 Å². The van der Waals surface area contributed by atoms with Gasteiger partial charge >= 0.3 is 5.69 Å². The molecule has 5 N–H and O–H groups in total. The van der Waals surface area contributed by atoms with Crippen LogP contribution in [0.15, 0.2) is 16.9 Å². The molecule has 2 unspecified atom stereocenters. The quantitative estimate of drug-likeness (QED) is 0.516. The fourth-order valence-corrected chi connectivity index (χ4v) is 1.29. The lowest BCUT2D eigenvalue weighted by Gasteiger charge is -2.15. The van der Waals surface area contributed by atoms with Crippen LogP contribution < -0.4 is 16.7 Å². The van der Waals surface area contributed by atoms with Gasteiger partial charge in [-0.1, -0.05) is 0 Å². The fourth-order valence-electron chi connectivity index (χ4n) is 1.29. The first-order chi connectivity index (χ1) is 8.08. The average Bonchev–Trinajstić information content (AvgIpc) is 2.68. The summed E-state index contributed by atoms with van der Waals surface area (Å²) in [6, 6.07) is 2.94. The number of nitrogens with zero attached hydrogens (tertiary/aromatic N) is 3. The third kappa shape index (κ3) is 2.43. The average molecular weight is 238 g/mol. The number of rotatable bonds is 4. The van der Waals surface area contributed by atoms with Crippen molar-refractivity contribution in [3.63, 3.8) is 0 Å². The third-order valence-electron chi connectivity index (χ3n) is 2.41. The molecular weight excluding hydrogens is 224 g/mol. The molecule has 0 bridgehead atoms. The largest absolute Gasteiger partial charge is 0.392 e. The molecule has 8 heteroatoms. The Balaban J connectivity index is 2.14. The topological polar surface area (TPSA) is 121 Å². The molecule has 2 heterocycles. The first-order valence-electron chi connectivity index (χ1n) is 5.20. The van der Waals surface area contributed by atoms with Crippen molar-refractivity contribution in [2.75, 3.05) is 11.9 Å². The van der Waals surface area contributed by atoms with E-state index in [9.17, 15) is 9.90 Å². The lowest BCUT2D eigenvalue weighted by Crippen LogP contribution is -2.38. The second-order valence-electron chi connectivity index (χ2n) is 3.80. The van der Waals surface area contributed by atoms with Gasteiger partial charge < -0.3 is 16.2 Å². The number of aliphatic hydroxyl groups excluding tert-OH is 1. The number of H-pyrrole nitrogens is 1. The number of hydrogen-bond acceptors (Lipinski definition) is 6. The minimum absolute atomic E-state index is 0.364. The van der Waals surface area contributed by atoms with Gasteiger partial charge in [0.25, 0.3) is 0 Å². The lowest BCUT2D eigenvalue weighted by molar-refractivity contribution is 0.168. The van der Waals surface area contributed by atoms with Crippen molar-refractivity contribution in [1.29, 1.82) is 0 Å². The number of nitrogens with one attached hydrogen (secondary N) is 2. The molecule has 0 saturated heterocycles. The minimum Gasteiger partial charge on any atom is -0.392 e. The smallest absolute Gasteiger partial charge is 0.364 e. The highest BCUT2D eigenvalue weighted by Gasteiger charge is 2.09. The lowest BCUT2D eigenvalue weighted by atomic mass is 10.2. The van der Waals surface area contributed by atoms with Gasteiger partial charge in [0, 0.05) is 12.6 Å². The van der Waals surface area contributed by atoms with E-state index in [-0.39, 0.29) is 0 Å². The Hall–Kier alpha value is -1.93. The molecular formula is C9H14N6O2. The van der Waals surface area contributed by atoms with Gasteiger partial charge in [-0.05, 0) is 19.1 Å². The van der Waals surface area contributed by atoms with Crippen LogP contribution in [0, 0.1) is 0 Å². The summed E-state index contributed by atoms with van der Waals surface area (Å²) in [4.78, 5) is 11.3. The number of aromatic amines is 1. The summed E-state index contributed by atoms with van der Waals surface area (Å²) >= 11 is 0. The van der Waals surface area contributed by atoms with E-state index in [2.05, 4.69) is 20.6 Å². The number of nitrogens with two attached hydrogens (primary N) is 1. The molecule has 2 aromatic rings. The van der Waals surface area contributed by atoms with Crippen LogP contribution in [0.1, 0.15) is 6.92 Å². The number of anilines is 1. The second kappa shape index (κ2) is 4.52. The summed E-state index contributed by atoms with van der Waals surface area (Å²) in [6.45, 7) is 1.98. The van der Waals surface area contributed by atoms with Crippen LogP contribution in [-0.2, 0) is 0 Å². The van der Waals surface area contributed by atoms with E-state index in [1.165, 1.54) is 0 Å². The zero-order chi connectivity index (χ0) is 12.4. The first kappa shape index (κ1) is 11.6. The van der Waals surface area contributed by atoms with Gasteiger partial charge in [-0.25, -0.2) is 9.89 Å². The summed E-state index contributed by atoms with van der Waals surface area (Å²) in [7, 11) is 0. The molecule has 92 valence electrons. The molecule has 17 heavy (non-hydrogen) atoms. The summed E-state index contributed by atoms with van der Waals surface area (Å²) in [5, 5.41) is 22.2. The Morgan fingerprint density at radius 1 is 1.65 bits per heavy atom. The van der Waals surface area contributed by atoms with E-state index in [0.717, 1.165) is 4.52 Å². The standard InChI is InChI=1S/C9H14N6O2/c1-5(16)6(10)4-11-7-2-3-8-12-13-9(17)15(8)14-7/h2-3,5-6,16H,4,10H2,1H3,(H,11,14)(H,13,17). The van der Waals surface area contributed by atoms with Gasteiger partial charge in [-0.15, -0.1) is 5.10 Å². The normalized spacial score (nSPS) is 14.8. The molecule has 2 rings (SSSR count). The van der Waals surface area contributed by atoms with E-state index < -0.39 is 17.8 Å². The molecule has 0 spiro atoms. The van der Waals surface area contributed by atoms with Crippen LogP contribution in [0.25, 0.3) is 5.65 Å². The van der Waals surface area contributed by atoms with E-state index in [0.29, 0.717) is 18.0 Å². The minimum atomic E-state index is -0.608. The van der Waals surface area contributed by atoms with Crippen LogP contribution in [0.4, 0.5) is 5.82 Å². The molecule has 0 aromatic carbocycles. The van der Waals surface area contributed by atoms with Crippen molar-refractivity contribution >= 4 is 11.5 Å². The molecule has 2 aromatic heterocycles. The maximum absolute atomic E-state index is 11.3. The predicted octanol–water partition coefficient (Wildman–Crippen LogP) is -1.46. The van der Waals surface area contributed by atoms with Crippen molar-refractivity contribution in [2.24, 2.45) is 5.73 Å². The van der Waals surface area contributed by atoms with Crippen molar-refractivity contribution < 1.29 is 5.11 Å². The zero-order valence-corrected chi connectivity index (χ0v) is 9.29. The van der Waals surface area contributed by atoms with Gasteiger partial charge in [-0.3, -0.25) is 0 Å². The predicted molar refractivity (Wildman–Crippen MR) is 61.8 cm³/mol. The summed E-state index contributed by atoms with van der Waals surface area (Å²) in [5.74, 6) is 0.497. The second-order valence-corrected chi connectivity index (χ2v) is 3.80. The number of aromatic nitrogens is 4. The highest BCUT2D eigenvalue weighted by atomic mass is 16.3. The Morgan fingerprint density at radius 3 is 3.12 bits per heavy atom. The highest BCUT2D eigenvalue weighted by molar-refractivity contribution is 5.42. The maximum Gasteiger partial charge on any atom is 0.364 e. The monoisotopic (exact) mass is 238 g/mol. The molecule has 0 aliphatic carbocycles. The molecule has 0 saturated carbocycles. The van der Waals surface area contributed by atoms with E-state index >= 15 is 0 Å². The van der Waals surface area contributed by atoms with Gasteiger partial charge in [-0.2, -0.15) is 9.61 Å². The molecule has 0 aliphatic heterocycles. The molecule has 0 amide bonds. The van der Waals surface area contributed by atoms with Crippen LogP contribution in [0.3, 0.4) is 0 Å². The van der Waals surface area contributed by atoms with E-state index in [1.54, 1.807) is 19.1 Å². The summed E-state index contributed by atoms with van der Waals surface area (Å²) in [6.07, 6.45) is -0.608. The van der Waals surface area contributed by atoms with Gasteiger partial charge in [0.1, 0.15) is 5.82 Å². The van der Waals surface area contributed by atoms with Crippen LogP contribution in [0.5, 0.6) is 0 Å². The molecule has 0 aliphatic rings. The van der Waals surface area contributed by atoms with Crippen LogP contribution in [0.2, 0.25) is 0 Å².